The molecule has 3 rings (SSSR count). The van der Waals surface area contributed by atoms with Crippen LogP contribution in [0, 0.1) is 5.82 Å². The van der Waals surface area contributed by atoms with Crippen LogP contribution in [0.5, 0.6) is 0 Å². The summed E-state index contributed by atoms with van der Waals surface area (Å²) in [6, 6.07) is 6.99. The van der Waals surface area contributed by atoms with Gasteiger partial charge in [0.1, 0.15) is 5.82 Å². The van der Waals surface area contributed by atoms with Crippen molar-refractivity contribution in [3.63, 3.8) is 0 Å². The first kappa shape index (κ1) is 22.9. The standard InChI is InChI=1S/C18H16ClF3N2O4S2/c19-13-2-1-3-15(16(13)29-18(21)22)23-17(25)12-10-11(4-5-14(12)20)30(26,27)24-6-8-28-9-7-24/h1-5,10,18H,6-9H2,(H,23,25). The molecule has 6 nitrogen and oxygen atoms in total. The van der Waals surface area contributed by atoms with E-state index in [4.69, 9.17) is 16.3 Å². The summed E-state index contributed by atoms with van der Waals surface area (Å²) in [4.78, 5) is 12.3. The predicted molar refractivity (Wildman–Crippen MR) is 107 cm³/mol. The number of hydrogen-bond donors (Lipinski definition) is 1. The number of nitrogens with zero attached hydrogens (tertiary/aromatic N) is 1. The third kappa shape index (κ3) is 5.09. The number of thioether (sulfide) groups is 1. The van der Waals surface area contributed by atoms with Crippen LogP contribution in [0.15, 0.2) is 46.2 Å². The van der Waals surface area contributed by atoms with Crippen molar-refractivity contribution < 1.29 is 31.1 Å². The van der Waals surface area contributed by atoms with Crippen molar-refractivity contribution in [3.8, 4) is 0 Å². The lowest BCUT2D eigenvalue weighted by Crippen LogP contribution is -2.40. The van der Waals surface area contributed by atoms with E-state index >= 15 is 0 Å². The number of rotatable bonds is 6. The van der Waals surface area contributed by atoms with Gasteiger partial charge in [0, 0.05) is 13.1 Å². The molecule has 30 heavy (non-hydrogen) atoms. The van der Waals surface area contributed by atoms with Gasteiger partial charge in [0.05, 0.1) is 39.3 Å². The van der Waals surface area contributed by atoms with Crippen LogP contribution < -0.4 is 5.32 Å². The first-order chi connectivity index (χ1) is 14.2. The molecule has 1 aliphatic heterocycles. The molecule has 2 aromatic carbocycles. The molecule has 1 heterocycles. The molecule has 2 aromatic rings. The first-order valence-electron chi connectivity index (χ1n) is 8.62. The first-order valence-corrected chi connectivity index (χ1v) is 11.3. The zero-order valence-corrected chi connectivity index (χ0v) is 17.7. The Morgan fingerprint density at radius 1 is 1.20 bits per heavy atom. The van der Waals surface area contributed by atoms with Gasteiger partial charge in [0.2, 0.25) is 10.0 Å². The van der Waals surface area contributed by atoms with Crippen LogP contribution in [0.4, 0.5) is 18.9 Å². The van der Waals surface area contributed by atoms with E-state index in [0.717, 1.165) is 18.2 Å². The SMILES string of the molecule is O=C(Nc1cccc(Cl)c1SC(F)F)c1cc(S(=O)(=O)N2CCOCC2)ccc1F. The van der Waals surface area contributed by atoms with E-state index in [1.165, 1.54) is 22.5 Å². The van der Waals surface area contributed by atoms with Gasteiger partial charge in [-0.05, 0) is 30.3 Å². The summed E-state index contributed by atoms with van der Waals surface area (Å²) < 4.78 is 71.8. The molecule has 12 heteroatoms. The number of anilines is 1. The summed E-state index contributed by atoms with van der Waals surface area (Å²) >= 11 is 6.06. The Balaban J connectivity index is 1.91. The van der Waals surface area contributed by atoms with Gasteiger partial charge in [-0.25, -0.2) is 12.8 Å². The fourth-order valence-electron chi connectivity index (χ4n) is 2.78. The number of morpholine rings is 1. The molecule has 0 aromatic heterocycles. The van der Waals surface area contributed by atoms with Crippen LogP contribution in [0.25, 0.3) is 0 Å². The quantitative estimate of drug-likeness (QED) is 0.631. The van der Waals surface area contributed by atoms with E-state index in [0.29, 0.717) is 0 Å². The van der Waals surface area contributed by atoms with Gasteiger partial charge in [-0.1, -0.05) is 29.4 Å². The lowest BCUT2D eigenvalue weighted by atomic mass is 10.2. The van der Waals surface area contributed by atoms with E-state index in [2.05, 4.69) is 5.32 Å². The molecule has 0 radical (unpaired) electrons. The summed E-state index contributed by atoms with van der Waals surface area (Å²) in [7, 11) is -3.96. The molecular weight excluding hydrogens is 465 g/mol. The number of benzene rings is 2. The van der Waals surface area contributed by atoms with Crippen molar-refractivity contribution in [1.29, 1.82) is 0 Å². The summed E-state index contributed by atoms with van der Waals surface area (Å²) in [5.74, 6) is -4.75. The molecule has 1 saturated heterocycles. The number of carbonyl (C=O) groups excluding carboxylic acids is 1. The number of hydrogen-bond acceptors (Lipinski definition) is 5. The van der Waals surface area contributed by atoms with Crippen LogP contribution in [0.2, 0.25) is 5.02 Å². The van der Waals surface area contributed by atoms with Crippen molar-refractivity contribution >= 4 is 45.0 Å². The van der Waals surface area contributed by atoms with Crippen molar-refractivity contribution in [2.75, 3.05) is 31.6 Å². The third-order valence-corrected chi connectivity index (χ3v) is 7.39. The van der Waals surface area contributed by atoms with Crippen molar-refractivity contribution in [2.45, 2.75) is 15.5 Å². The molecular formula is C18H16ClF3N2O4S2. The maximum atomic E-state index is 14.3. The van der Waals surface area contributed by atoms with Crippen LogP contribution >= 0.6 is 23.4 Å². The third-order valence-electron chi connectivity index (χ3n) is 4.21. The summed E-state index contributed by atoms with van der Waals surface area (Å²) in [6.07, 6.45) is 0. The highest BCUT2D eigenvalue weighted by Gasteiger charge is 2.28. The second kappa shape index (κ2) is 9.56. The summed E-state index contributed by atoms with van der Waals surface area (Å²) in [5, 5.41) is 2.31. The van der Waals surface area contributed by atoms with Crippen molar-refractivity contribution in [2.24, 2.45) is 0 Å². The highest BCUT2D eigenvalue weighted by atomic mass is 35.5. The van der Waals surface area contributed by atoms with Gasteiger partial charge in [0.25, 0.3) is 11.7 Å². The maximum Gasteiger partial charge on any atom is 0.289 e. The molecule has 1 amide bonds. The predicted octanol–water partition coefficient (Wildman–Crippen LogP) is 4.07. The molecule has 1 aliphatic rings. The van der Waals surface area contributed by atoms with Crippen LogP contribution in [0.1, 0.15) is 10.4 Å². The largest absolute Gasteiger partial charge is 0.379 e. The highest BCUT2D eigenvalue weighted by molar-refractivity contribution is 7.99. The minimum absolute atomic E-state index is 0.0118. The molecule has 162 valence electrons. The number of sulfonamides is 1. The number of nitrogens with one attached hydrogen (secondary N) is 1. The van der Waals surface area contributed by atoms with E-state index in [1.807, 2.05) is 0 Å². The van der Waals surface area contributed by atoms with Gasteiger partial charge in [-0.2, -0.15) is 13.1 Å². The average molecular weight is 481 g/mol. The van der Waals surface area contributed by atoms with Crippen LogP contribution in [-0.2, 0) is 14.8 Å². The number of halogens is 4. The topological polar surface area (TPSA) is 75.7 Å². The molecule has 1 N–H and O–H groups in total. The smallest absolute Gasteiger partial charge is 0.289 e. The number of alkyl halides is 2. The van der Waals surface area contributed by atoms with Crippen LogP contribution in [-0.4, -0.2) is 50.7 Å². The highest BCUT2D eigenvalue weighted by Crippen LogP contribution is 2.38. The van der Waals surface area contributed by atoms with Crippen molar-refractivity contribution in [1.82, 2.24) is 4.31 Å². The van der Waals surface area contributed by atoms with E-state index in [1.54, 1.807) is 0 Å². The lowest BCUT2D eigenvalue weighted by Gasteiger charge is -2.26. The second-order valence-electron chi connectivity index (χ2n) is 6.11. The minimum atomic E-state index is -3.96. The zero-order chi connectivity index (χ0) is 21.9. The van der Waals surface area contributed by atoms with E-state index < -0.39 is 33.1 Å². The summed E-state index contributed by atoms with van der Waals surface area (Å²) in [6.45, 7) is 0.732. The second-order valence-corrected chi connectivity index (χ2v) is 9.45. The van der Waals surface area contributed by atoms with Gasteiger partial charge >= 0.3 is 0 Å². The Bertz CT molecular complexity index is 1050. The number of ether oxygens (including phenoxy) is 1. The maximum absolute atomic E-state index is 14.3. The fraction of sp³-hybridized carbons (Fsp3) is 0.278. The normalized spacial score (nSPS) is 15.4. The van der Waals surface area contributed by atoms with Gasteiger partial charge in [-0.15, -0.1) is 0 Å². The minimum Gasteiger partial charge on any atom is -0.379 e. The molecule has 0 unspecified atom stereocenters. The zero-order valence-electron chi connectivity index (χ0n) is 15.3. The fourth-order valence-corrected chi connectivity index (χ4v) is 5.13. The van der Waals surface area contributed by atoms with Gasteiger partial charge in [0.15, 0.2) is 0 Å². The summed E-state index contributed by atoms with van der Waals surface area (Å²) in [5.41, 5.74) is -0.587. The number of amides is 1. The van der Waals surface area contributed by atoms with Gasteiger partial charge in [-0.3, -0.25) is 4.79 Å². The lowest BCUT2D eigenvalue weighted by molar-refractivity contribution is 0.0730. The Morgan fingerprint density at radius 2 is 1.90 bits per heavy atom. The Morgan fingerprint density at radius 3 is 2.57 bits per heavy atom. The Labute approximate surface area is 180 Å². The molecule has 0 saturated carbocycles. The van der Waals surface area contributed by atoms with E-state index in [9.17, 15) is 26.4 Å². The Kier molecular flexibility index (Phi) is 7.30. The molecule has 1 fully saturated rings. The molecule has 0 spiro atoms. The Hall–Kier alpha value is -1.79. The van der Waals surface area contributed by atoms with Crippen LogP contribution in [0.3, 0.4) is 0 Å². The molecule has 0 atom stereocenters. The number of carbonyl (C=O) groups is 1. The molecule has 0 bridgehead atoms. The molecule has 0 aliphatic carbocycles. The monoisotopic (exact) mass is 480 g/mol. The average Bonchev–Trinajstić information content (AvgIpc) is 2.71. The van der Waals surface area contributed by atoms with E-state index in [-0.39, 0.29) is 58.6 Å². The van der Waals surface area contributed by atoms with Gasteiger partial charge < -0.3 is 10.1 Å². The van der Waals surface area contributed by atoms with Crippen molar-refractivity contribution in [3.05, 3.63) is 52.8 Å².